The van der Waals surface area contributed by atoms with Gasteiger partial charge in [-0.2, -0.15) is 13.2 Å². The van der Waals surface area contributed by atoms with E-state index in [-0.39, 0.29) is 11.1 Å². The Hall–Kier alpha value is -2.32. The zero-order valence-electron chi connectivity index (χ0n) is 13.3. The van der Waals surface area contributed by atoms with Gasteiger partial charge in [0, 0.05) is 18.0 Å². The summed E-state index contributed by atoms with van der Waals surface area (Å²) >= 11 is 0. The molecule has 0 saturated heterocycles. The first kappa shape index (κ1) is 18.7. The molecular weight excluding hydrogens is 313 g/mol. The summed E-state index contributed by atoms with van der Waals surface area (Å²) in [4.78, 5) is 14.4. The molecule has 0 heterocycles. The van der Waals surface area contributed by atoms with Crippen molar-refractivity contribution in [2.75, 3.05) is 12.0 Å². The number of nitro benzene ring substituents is 1. The zero-order valence-corrected chi connectivity index (χ0v) is 13.3. The fourth-order valence-corrected chi connectivity index (χ4v) is 1.71. The van der Waals surface area contributed by atoms with Crippen molar-refractivity contribution in [3.8, 4) is 0 Å². The van der Waals surface area contributed by atoms with Crippen LogP contribution in [-0.2, 0) is 6.18 Å². The number of benzene rings is 1. The summed E-state index contributed by atoms with van der Waals surface area (Å²) in [5.74, 6) is 0.536. The Labute approximate surface area is 131 Å². The van der Waals surface area contributed by atoms with Crippen LogP contribution in [0, 0.1) is 15.5 Å². The third-order valence-corrected chi connectivity index (χ3v) is 2.86. The molecule has 6 nitrogen and oxygen atoms in total. The van der Waals surface area contributed by atoms with Crippen molar-refractivity contribution in [3.05, 3.63) is 33.9 Å². The van der Waals surface area contributed by atoms with Crippen molar-refractivity contribution in [1.82, 2.24) is 5.43 Å². The lowest BCUT2D eigenvalue weighted by molar-refractivity contribution is -0.384. The van der Waals surface area contributed by atoms with Gasteiger partial charge in [0.25, 0.3) is 5.69 Å². The number of rotatable bonds is 4. The van der Waals surface area contributed by atoms with Crippen LogP contribution in [-0.4, -0.2) is 17.3 Å². The zero-order chi connectivity index (χ0) is 17.8. The molecule has 9 heteroatoms. The second-order valence-corrected chi connectivity index (χ2v) is 5.81. The molecule has 0 atom stereocenters. The fourth-order valence-electron chi connectivity index (χ4n) is 1.71. The quantitative estimate of drug-likeness (QED) is 0.378. The summed E-state index contributed by atoms with van der Waals surface area (Å²) in [7, 11) is 0. The molecular formula is C14H19F3N4O2. The van der Waals surface area contributed by atoms with Crippen LogP contribution < -0.4 is 10.9 Å². The minimum absolute atomic E-state index is 0.0731. The molecule has 0 aliphatic rings. The molecule has 128 valence electrons. The minimum atomic E-state index is -4.64. The number of hydrogen-bond acceptors (Lipinski definition) is 4. The van der Waals surface area contributed by atoms with E-state index in [1.165, 1.54) is 0 Å². The fraction of sp³-hybridized carbons (Fsp3) is 0.500. The van der Waals surface area contributed by atoms with E-state index in [0.717, 1.165) is 12.1 Å². The first-order valence-corrected chi connectivity index (χ1v) is 6.89. The number of aliphatic imine (C=N–C) groups is 1. The molecule has 0 aliphatic heterocycles. The topological polar surface area (TPSA) is 79.6 Å². The highest BCUT2D eigenvalue weighted by molar-refractivity contribution is 5.88. The number of amidine groups is 1. The van der Waals surface area contributed by atoms with Crippen molar-refractivity contribution >= 4 is 17.2 Å². The number of halogens is 3. The first-order valence-electron chi connectivity index (χ1n) is 6.89. The summed E-state index contributed by atoms with van der Waals surface area (Å²) < 4.78 is 38.0. The highest BCUT2D eigenvalue weighted by Crippen LogP contribution is 2.34. The molecule has 0 unspecified atom stereocenters. The third-order valence-electron chi connectivity index (χ3n) is 2.86. The average molecular weight is 332 g/mol. The van der Waals surface area contributed by atoms with Crippen LogP contribution in [0.15, 0.2) is 23.2 Å². The second-order valence-electron chi connectivity index (χ2n) is 5.81. The van der Waals surface area contributed by atoms with E-state index >= 15 is 0 Å². The smallest absolute Gasteiger partial charge is 0.294 e. The van der Waals surface area contributed by atoms with Gasteiger partial charge in [-0.15, -0.1) is 0 Å². The van der Waals surface area contributed by atoms with E-state index in [1.807, 2.05) is 27.7 Å². The van der Waals surface area contributed by atoms with Crippen molar-refractivity contribution in [1.29, 1.82) is 0 Å². The van der Waals surface area contributed by atoms with Crippen LogP contribution in [0.1, 0.15) is 33.3 Å². The number of hydrogen-bond donors (Lipinski definition) is 2. The molecule has 2 N–H and O–H groups in total. The summed E-state index contributed by atoms with van der Waals surface area (Å²) in [6.45, 7) is 7.98. The van der Waals surface area contributed by atoms with Gasteiger partial charge in [-0.05, 0) is 19.1 Å². The van der Waals surface area contributed by atoms with Gasteiger partial charge in [-0.25, -0.2) is 0 Å². The standard InChI is InChI=1S/C14H19F3N4O2/c1-5-18-12(13(2,3)4)20-19-10-7-6-9(14(15,16)17)8-11(10)21(22)23/h6-8,19H,5H2,1-4H3,(H,18,20). The molecule has 1 aromatic rings. The Balaban J connectivity index is 3.09. The molecule has 0 bridgehead atoms. The molecule has 0 aliphatic carbocycles. The Morgan fingerprint density at radius 1 is 1.30 bits per heavy atom. The van der Waals surface area contributed by atoms with Gasteiger partial charge >= 0.3 is 6.18 Å². The van der Waals surface area contributed by atoms with Crippen LogP contribution >= 0.6 is 0 Å². The van der Waals surface area contributed by atoms with Crippen LogP contribution in [0.4, 0.5) is 24.5 Å². The van der Waals surface area contributed by atoms with E-state index in [1.54, 1.807) is 0 Å². The van der Waals surface area contributed by atoms with Crippen molar-refractivity contribution in [2.24, 2.45) is 10.4 Å². The normalized spacial score (nSPS) is 12.9. The van der Waals surface area contributed by atoms with E-state index in [9.17, 15) is 23.3 Å². The average Bonchev–Trinajstić information content (AvgIpc) is 2.40. The molecule has 23 heavy (non-hydrogen) atoms. The Morgan fingerprint density at radius 3 is 2.35 bits per heavy atom. The van der Waals surface area contributed by atoms with E-state index in [0.29, 0.717) is 18.4 Å². The number of alkyl halides is 3. The molecule has 0 amide bonds. The lowest BCUT2D eigenvalue weighted by atomic mass is 9.95. The molecule has 0 radical (unpaired) electrons. The van der Waals surface area contributed by atoms with Gasteiger partial charge in [0.15, 0.2) is 0 Å². The van der Waals surface area contributed by atoms with Crippen molar-refractivity contribution in [3.63, 3.8) is 0 Å². The molecule has 1 aromatic carbocycles. The molecule has 0 spiro atoms. The first-order chi connectivity index (χ1) is 10.5. The van der Waals surface area contributed by atoms with Gasteiger partial charge < -0.3 is 0 Å². The van der Waals surface area contributed by atoms with Crippen LogP contribution in [0.25, 0.3) is 0 Å². The largest absolute Gasteiger partial charge is 0.416 e. The molecule has 0 fully saturated rings. The number of anilines is 1. The lowest BCUT2D eigenvalue weighted by Crippen LogP contribution is -2.39. The van der Waals surface area contributed by atoms with E-state index < -0.39 is 22.4 Å². The van der Waals surface area contributed by atoms with Gasteiger partial charge in [0.1, 0.15) is 11.5 Å². The molecule has 1 rings (SSSR count). The number of hydrazine groups is 1. The van der Waals surface area contributed by atoms with Crippen LogP contribution in [0.5, 0.6) is 0 Å². The van der Waals surface area contributed by atoms with Gasteiger partial charge in [0.05, 0.1) is 10.5 Å². The van der Waals surface area contributed by atoms with Crippen LogP contribution in [0.2, 0.25) is 0 Å². The summed E-state index contributed by atoms with van der Waals surface area (Å²) in [5.41, 5.74) is 3.14. The number of nitrogens with zero attached hydrogens (tertiary/aromatic N) is 2. The summed E-state index contributed by atoms with van der Waals surface area (Å²) in [6.07, 6.45) is -4.64. The number of nitrogens with one attached hydrogen (secondary N) is 2. The Bertz CT molecular complexity index is 607. The maximum atomic E-state index is 12.7. The Morgan fingerprint density at radius 2 is 1.91 bits per heavy atom. The third kappa shape index (κ3) is 5.11. The van der Waals surface area contributed by atoms with E-state index in [4.69, 9.17) is 0 Å². The predicted octanol–water partition coefficient (Wildman–Crippen LogP) is 3.99. The summed E-state index contributed by atoms with van der Waals surface area (Å²) in [5, 5.41) is 11.0. The van der Waals surface area contributed by atoms with Gasteiger partial charge in [-0.1, -0.05) is 20.8 Å². The van der Waals surface area contributed by atoms with Crippen LogP contribution in [0.3, 0.4) is 0 Å². The van der Waals surface area contributed by atoms with E-state index in [2.05, 4.69) is 15.8 Å². The SMILES string of the molecule is CCN=C(NNc1ccc(C(F)(F)F)cc1[N+](=O)[O-])C(C)(C)C. The van der Waals surface area contributed by atoms with Gasteiger partial charge in [0.2, 0.25) is 0 Å². The second kappa shape index (κ2) is 6.84. The lowest BCUT2D eigenvalue weighted by Gasteiger charge is -2.23. The summed E-state index contributed by atoms with van der Waals surface area (Å²) in [6, 6.07) is 2.29. The number of nitro groups is 1. The maximum absolute atomic E-state index is 12.7. The highest BCUT2D eigenvalue weighted by atomic mass is 19.4. The molecule has 0 aromatic heterocycles. The monoisotopic (exact) mass is 332 g/mol. The van der Waals surface area contributed by atoms with Crippen molar-refractivity contribution in [2.45, 2.75) is 33.9 Å². The maximum Gasteiger partial charge on any atom is 0.416 e. The minimum Gasteiger partial charge on any atom is -0.294 e. The predicted molar refractivity (Wildman–Crippen MR) is 82.3 cm³/mol. The highest BCUT2D eigenvalue weighted by Gasteiger charge is 2.33. The molecule has 0 saturated carbocycles. The Kier molecular flexibility index (Phi) is 5.57. The van der Waals surface area contributed by atoms with Crippen molar-refractivity contribution < 1.29 is 18.1 Å². The van der Waals surface area contributed by atoms with Gasteiger partial charge in [-0.3, -0.25) is 26.0 Å².